The lowest BCUT2D eigenvalue weighted by atomic mass is 10.0. The molecule has 0 bridgehead atoms. The number of nitrogens with one attached hydrogen (secondary N) is 3. The zero-order chi connectivity index (χ0) is 25.7. The summed E-state index contributed by atoms with van der Waals surface area (Å²) in [5, 5.41) is 10.6. The second kappa shape index (κ2) is 10.7. The van der Waals surface area contributed by atoms with Crippen LogP contribution in [0.1, 0.15) is 42.2 Å². The van der Waals surface area contributed by atoms with Crippen molar-refractivity contribution in [2.75, 3.05) is 29.4 Å². The number of hydrogen-bond acceptors (Lipinski definition) is 7. The Balaban J connectivity index is 1.56. The summed E-state index contributed by atoms with van der Waals surface area (Å²) in [5.74, 6) is -0.243. The van der Waals surface area contributed by atoms with Crippen molar-refractivity contribution in [1.29, 1.82) is 0 Å². The van der Waals surface area contributed by atoms with E-state index in [4.69, 9.17) is 0 Å². The monoisotopic (exact) mass is 507 g/mol. The van der Waals surface area contributed by atoms with Crippen LogP contribution < -0.4 is 10.0 Å². The molecule has 1 aliphatic rings. The first-order chi connectivity index (χ1) is 17.2. The van der Waals surface area contributed by atoms with E-state index in [1.807, 2.05) is 25.1 Å². The van der Waals surface area contributed by atoms with Gasteiger partial charge in [-0.3, -0.25) is 19.6 Å². The van der Waals surface area contributed by atoms with Gasteiger partial charge >= 0.3 is 0 Å². The van der Waals surface area contributed by atoms with E-state index in [1.165, 1.54) is 18.7 Å². The predicted octanol–water partition coefficient (Wildman–Crippen LogP) is 4.01. The maximum absolute atomic E-state index is 13.0. The maximum atomic E-state index is 13.0. The molecule has 0 spiro atoms. The molecule has 3 heterocycles. The smallest absolute Gasteiger partial charge is 0.276 e. The van der Waals surface area contributed by atoms with E-state index in [0.29, 0.717) is 11.1 Å². The molecule has 0 radical (unpaired) electrons. The number of H-pyrrole nitrogens is 1. The quantitative estimate of drug-likeness (QED) is 0.312. The molecule has 1 saturated heterocycles. The standard InChI is InChI=1S/C25H29N7O3S/c1-17(13-20(16-26-2)32-11-5-4-6-12-32)18-7-9-22-21(14-18)24(30-29-22)25(33)28-19-8-10-23(27-15-19)31-36(3,34)35/h7-10,13-16H,2,4-6,11-12H2,1,3H3,(H,27,31)(H,28,33)(H,29,30)/b17-13+,20-16+. The third kappa shape index (κ3) is 6.16. The molecule has 1 aromatic carbocycles. The van der Waals surface area contributed by atoms with Gasteiger partial charge in [-0.25, -0.2) is 13.4 Å². The number of nitrogens with zero attached hydrogens (tertiary/aromatic N) is 4. The molecule has 3 aromatic rings. The molecule has 2 aromatic heterocycles. The van der Waals surface area contributed by atoms with Gasteiger partial charge in [0.25, 0.3) is 5.91 Å². The van der Waals surface area contributed by atoms with Crippen LogP contribution in [-0.4, -0.2) is 60.5 Å². The van der Waals surface area contributed by atoms with Crippen molar-refractivity contribution in [3.8, 4) is 0 Å². The number of amides is 1. The predicted molar refractivity (Wildman–Crippen MR) is 143 cm³/mol. The maximum Gasteiger partial charge on any atom is 0.276 e. The second-order valence-electron chi connectivity index (χ2n) is 8.70. The minimum Gasteiger partial charge on any atom is -0.370 e. The van der Waals surface area contributed by atoms with Crippen molar-refractivity contribution in [2.45, 2.75) is 26.2 Å². The Morgan fingerprint density at radius 2 is 1.97 bits per heavy atom. The van der Waals surface area contributed by atoms with E-state index in [-0.39, 0.29) is 11.5 Å². The Labute approximate surface area is 210 Å². The van der Waals surface area contributed by atoms with Gasteiger partial charge in [0.2, 0.25) is 10.0 Å². The van der Waals surface area contributed by atoms with Crippen molar-refractivity contribution in [2.24, 2.45) is 4.99 Å². The van der Waals surface area contributed by atoms with Crippen LogP contribution >= 0.6 is 0 Å². The minimum absolute atomic E-state index is 0.164. The molecule has 0 saturated carbocycles. The SMILES string of the molecule is C=N/C=C(\C=C(/C)c1ccc2[nH]nc(C(=O)Nc3ccc(NS(C)(=O)=O)nc3)c2c1)N1CCCCC1. The average molecular weight is 508 g/mol. The van der Waals surface area contributed by atoms with Crippen LogP contribution in [0, 0.1) is 0 Å². The first-order valence-corrected chi connectivity index (χ1v) is 13.5. The summed E-state index contributed by atoms with van der Waals surface area (Å²) in [4.78, 5) is 23.3. The van der Waals surface area contributed by atoms with Gasteiger partial charge in [-0.1, -0.05) is 6.07 Å². The first-order valence-electron chi connectivity index (χ1n) is 11.6. The van der Waals surface area contributed by atoms with E-state index in [2.05, 4.69) is 47.9 Å². The van der Waals surface area contributed by atoms with Crippen LogP contribution in [0.4, 0.5) is 11.5 Å². The topological polar surface area (TPSA) is 132 Å². The lowest BCUT2D eigenvalue weighted by molar-refractivity contribution is 0.102. The third-order valence-electron chi connectivity index (χ3n) is 5.85. The van der Waals surface area contributed by atoms with Crippen molar-refractivity contribution < 1.29 is 13.2 Å². The van der Waals surface area contributed by atoms with Gasteiger partial charge in [0, 0.05) is 24.7 Å². The molecule has 0 unspecified atom stereocenters. The fourth-order valence-corrected chi connectivity index (χ4v) is 4.60. The molecule has 4 rings (SSSR count). The lowest BCUT2D eigenvalue weighted by Gasteiger charge is -2.29. The number of sulfonamides is 1. The van der Waals surface area contributed by atoms with Crippen molar-refractivity contribution in [1.82, 2.24) is 20.1 Å². The Morgan fingerprint density at radius 3 is 2.64 bits per heavy atom. The lowest BCUT2D eigenvalue weighted by Crippen LogP contribution is -2.28. The summed E-state index contributed by atoms with van der Waals surface area (Å²) in [6, 6.07) is 8.85. The van der Waals surface area contributed by atoms with Gasteiger partial charge in [0.15, 0.2) is 5.69 Å². The van der Waals surface area contributed by atoms with Crippen molar-refractivity contribution in [3.05, 3.63) is 65.8 Å². The zero-order valence-corrected chi connectivity index (χ0v) is 21.1. The van der Waals surface area contributed by atoms with Gasteiger partial charge in [-0.15, -0.1) is 0 Å². The molecule has 188 valence electrons. The molecule has 0 atom stereocenters. The number of fused-ring (bicyclic) bond motifs is 1. The summed E-state index contributed by atoms with van der Waals surface area (Å²) in [7, 11) is -3.43. The van der Waals surface area contributed by atoms with Gasteiger partial charge in [-0.2, -0.15) is 5.10 Å². The molecular weight excluding hydrogens is 478 g/mol. The summed E-state index contributed by atoms with van der Waals surface area (Å²) < 4.78 is 25.0. The molecule has 11 heteroatoms. The number of carbonyl (C=O) groups is 1. The molecule has 10 nitrogen and oxygen atoms in total. The van der Waals surface area contributed by atoms with Crippen LogP contribution in [0.15, 0.2) is 59.5 Å². The zero-order valence-electron chi connectivity index (χ0n) is 20.3. The number of carbonyl (C=O) groups excluding carboxylic acids is 1. The van der Waals surface area contributed by atoms with Crippen LogP contribution in [0.5, 0.6) is 0 Å². The fraction of sp³-hybridized carbons (Fsp3) is 0.280. The highest BCUT2D eigenvalue weighted by atomic mass is 32.2. The normalized spacial score (nSPS) is 15.1. The number of aliphatic imine (C=N–C) groups is 1. The molecule has 3 N–H and O–H groups in total. The number of rotatable bonds is 8. The number of benzene rings is 1. The summed E-state index contributed by atoms with van der Waals surface area (Å²) in [6.07, 6.45) is 9.86. The number of aromatic amines is 1. The molecule has 1 amide bonds. The Hall–Kier alpha value is -3.99. The van der Waals surface area contributed by atoms with E-state index in [9.17, 15) is 13.2 Å². The van der Waals surface area contributed by atoms with Crippen LogP contribution in [0.25, 0.3) is 16.5 Å². The summed E-state index contributed by atoms with van der Waals surface area (Å²) in [5.41, 5.74) is 4.41. The highest BCUT2D eigenvalue weighted by molar-refractivity contribution is 7.92. The van der Waals surface area contributed by atoms with Crippen LogP contribution in [-0.2, 0) is 10.0 Å². The average Bonchev–Trinajstić information content (AvgIpc) is 3.28. The Morgan fingerprint density at radius 1 is 1.19 bits per heavy atom. The second-order valence-corrected chi connectivity index (χ2v) is 10.5. The number of aromatic nitrogens is 3. The van der Waals surface area contributed by atoms with Gasteiger partial charge < -0.3 is 10.2 Å². The number of piperidine rings is 1. The first kappa shape index (κ1) is 25.1. The third-order valence-corrected chi connectivity index (χ3v) is 6.43. The largest absolute Gasteiger partial charge is 0.370 e. The van der Waals surface area contributed by atoms with Crippen LogP contribution in [0.2, 0.25) is 0 Å². The van der Waals surface area contributed by atoms with E-state index in [1.54, 1.807) is 12.3 Å². The van der Waals surface area contributed by atoms with Gasteiger partial charge in [0.05, 0.1) is 29.4 Å². The molecular formula is C25H29N7O3S. The van der Waals surface area contributed by atoms with Gasteiger partial charge in [-0.05, 0) is 74.4 Å². The number of anilines is 2. The number of pyridine rings is 1. The van der Waals surface area contributed by atoms with E-state index >= 15 is 0 Å². The molecule has 1 fully saturated rings. The molecule has 0 aliphatic carbocycles. The van der Waals surface area contributed by atoms with E-state index < -0.39 is 15.9 Å². The molecule has 36 heavy (non-hydrogen) atoms. The summed E-state index contributed by atoms with van der Waals surface area (Å²) in [6.45, 7) is 7.64. The number of hydrogen-bond donors (Lipinski definition) is 3. The summed E-state index contributed by atoms with van der Waals surface area (Å²) >= 11 is 0. The Kier molecular flexibility index (Phi) is 7.49. The van der Waals surface area contributed by atoms with Crippen molar-refractivity contribution >= 4 is 50.6 Å². The van der Waals surface area contributed by atoms with Crippen molar-refractivity contribution in [3.63, 3.8) is 0 Å². The highest BCUT2D eigenvalue weighted by Crippen LogP contribution is 2.26. The van der Waals surface area contributed by atoms with Crippen LogP contribution in [0.3, 0.4) is 0 Å². The Bertz CT molecular complexity index is 1430. The van der Waals surface area contributed by atoms with Gasteiger partial charge in [0.1, 0.15) is 5.82 Å². The number of allylic oxidation sites excluding steroid dienone is 2. The highest BCUT2D eigenvalue weighted by Gasteiger charge is 2.17. The van der Waals surface area contributed by atoms with E-state index in [0.717, 1.165) is 54.5 Å². The molecule has 1 aliphatic heterocycles. The minimum atomic E-state index is -3.43. The number of likely N-dealkylation sites (tertiary alicyclic amines) is 1. The fourth-order valence-electron chi connectivity index (χ4n) is 4.10.